The Kier molecular flexibility index (Phi) is 5.54. The molecule has 0 bridgehead atoms. The third kappa shape index (κ3) is 5.95. The molecule has 0 aromatic carbocycles. The number of Topliss-reactive ketones (excluding diaryl/α,β-unsaturated/α-hetero) is 1. The summed E-state index contributed by atoms with van der Waals surface area (Å²) in [4.78, 5) is 30.5. The number of aliphatic hydroxyl groups excluding tert-OH is 3. The molecule has 0 radical (unpaired) electrons. The number of hydrogen-bond acceptors (Lipinski definition) is 8. The first kappa shape index (κ1) is 14.7. The van der Waals surface area contributed by atoms with Gasteiger partial charge in [-0.25, -0.2) is 0 Å². The maximum absolute atomic E-state index is 10.6. The number of carbonyl (C=O) groups is 1. The topological polar surface area (TPSA) is 150 Å². The molecule has 90 valence electrons. The van der Waals surface area contributed by atoms with Crippen molar-refractivity contribution in [3.8, 4) is 0 Å². The van der Waals surface area contributed by atoms with Gasteiger partial charge in [0.1, 0.15) is 18.3 Å². The van der Waals surface area contributed by atoms with Crippen molar-refractivity contribution in [2.75, 3.05) is 6.61 Å². The van der Waals surface area contributed by atoms with Crippen molar-refractivity contribution < 1.29 is 39.0 Å². The van der Waals surface area contributed by atoms with Gasteiger partial charge in [0.2, 0.25) is 0 Å². The number of hydrogen-bond donors (Lipinski definition) is 3. The minimum Gasteiger partial charge on any atom is -0.790 e. The predicted octanol–water partition coefficient (Wildman–Crippen LogP) is -3.50. The van der Waals surface area contributed by atoms with Crippen LogP contribution in [0.4, 0.5) is 0 Å². The first-order chi connectivity index (χ1) is 6.65. The van der Waals surface area contributed by atoms with E-state index in [0.717, 1.165) is 6.92 Å². The van der Waals surface area contributed by atoms with Crippen molar-refractivity contribution >= 4 is 13.6 Å². The summed E-state index contributed by atoms with van der Waals surface area (Å²) >= 11 is 0. The van der Waals surface area contributed by atoms with E-state index in [0.29, 0.717) is 0 Å². The molecule has 0 fully saturated rings. The van der Waals surface area contributed by atoms with Crippen LogP contribution in [0.2, 0.25) is 0 Å². The average Bonchev–Trinajstić information content (AvgIpc) is 2.10. The van der Waals surface area contributed by atoms with Crippen LogP contribution >= 0.6 is 7.82 Å². The molecule has 0 aromatic rings. The molecule has 0 aliphatic carbocycles. The van der Waals surface area contributed by atoms with Crippen molar-refractivity contribution in [1.82, 2.24) is 0 Å². The standard InChI is InChI=1S/C6H13O8P/c1-3(7)5(9)6(10)4(8)2-14-15(11,12)13/h4-6,8-10H,2H2,1H3,(H2,11,12,13)/p-2/t4-,5-,6-/m1/s1. The Morgan fingerprint density at radius 3 is 2.20 bits per heavy atom. The van der Waals surface area contributed by atoms with Gasteiger partial charge in [-0.3, -0.25) is 4.79 Å². The average molecular weight is 242 g/mol. The summed E-state index contributed by atoms with van der Waals surface area (Å²) in [6.07, 6.45) is -5.62. The van der Waals surface area contributed by atoms with E-state index in [2.05, 4.69) is 4.52 Å². The van der Waals surface area contributed by atoms with Gasteiger partial charge in [-0.15, -0.1) is 0 Å². The Labute approximate surface area is 85.4 Å². The zero-order chi connectivity index (χ0) is 12.2. The molecule has 0 saturated heterocycles. The molecule has 3 atom stereocenters. The minimum absolute atomic E-state index is 0.811. The lowest BCUT2D eigenvalue weighted by Crippen LogP contribution is -2.43. The summed E-state index contributed by atoms with van der Waals surface area (Å²) in [6.45, 7) is -0.0522. The second kappa shape index (κ2) is 5.66. The van der Waals surface area contributed by atoms with Gasteiger partial charge in [0, 0.05) is 0 Å². The maximum Gasteiger partial charge on any atom is 0.160 e. The molecule has 0 spiro atoms. The summed E-state index contributed by atoms with van der Waals surface area (Å²) in [7, 11) is -5.25. The van der Waals surface area contributed by atoms with Crippen LogP contribution in [0.15, 0.2) is 0 Å². The van der Waals surface area contributed by atoms with E-state index in [1.165, 1.54) is 0 Å². The van der Waals surface area contributed by atoms with Crippen molar-refractivity contribution in [1.29, 1.82) is 0 Å². The smallest absolute Gasteiger partial charge is 0.160 e. The van der Waals surface area contributed by atoms with Crippen LogP contribution in [0.25, 0.3) is 0 Å². The highest BCUT2D eigenvalue weighted by molar-refractivity contribution is 7.43. The quantitative estimate of drug-likeness (QED) is 0.406. The SMILES string of the molecule is CC(=O)[C@@H](O)[C@H](O)[C@H](O)COP(=O)([O-])[O-]. The molecule has 0 rings (SSSR count). The van der Waals surface area contributed by atoms with Gasteiger partial charge in [0.25, 0.3) is 0 Å². The highest BCUT2D eigenvalue weighted by atomic mass is 31.2. The number of phosphoric acid groups is 1. The molecule has 9 heteroatoms. The summed E-state index contributed by atoms with van der Waals surface area (Å²) in [5.41, 5.74) is 0. The van der Waals surface area contributed by atoms with Crippen molar-refractivity contribution in [3.05, 3.63) is 0 Å². The fourth-order valence-corrected chi connectivity index (χ4v) is 1.05. The predicted molar refractivity (Wildman–Crippen MR) is 42.3 cm³/mol. The largest absolute Gasteiger partial charge is 0.790 e. The Bertz CT molecular complexity index is 260. The molecule has 0 saturated carbocycles. The number of rotatable bonds is 6. The second-order valence-electron chi connectivity index (χ2n) is 2.86. The molecule has 0 aromatic heterocycles. The summed E-state index contributed by atoms with van der Waals surface area (Å²) in [5.74, 6) is -0.811. The van der Waals surface area contributed by atoms with Crippen LogP contribution in [0.3, 0.4) is 0 Å². The third-order valence-corrected chi connectivity index (χ3v) is 2.00. The normalized spacial score (nSPS) is 18.3. The van der Waals surface area contributed by atoms with Crippen LogP contribution in [0, 0.1) is 0 Å². The highest BCUT2D eigenvalue weighted by Crippen LogP contribution is 2.24. The molecule has 0 unspecified atom stereocenters. The van der Waals surface area contributed by atoms with Gasteiger partial charge in [0.15, 0.2) is 5.78 Å². The lowest BCUT2D eigenvalue weighted by Gasteiger charge is -2.31. The number of aliphatic hydroxyl groups is 3. The summed E-state index contributed by atoms with van der Waals surface area (Å²) in [6, 6.07) is 0. The molecule has 3 N–H and O–H groups in total. The Balaban J connectivity index is 4.16. The fraction of sp³-hybridized carbons (Fsp3) is 0.833. The molecular formula is C6H11O8P-2. The molecule has 0 amide bonds. The Hall–Kier alpha value is -0.340. The van der Waals surface area contributed by atoms with E-state index < -0.39 is 38.5 Å². The number of carbonyl (C=O) groups excluding carboxylic acids is 1. The third-order valence-electron chi connectivity index (χ3n) is 1.54. The van der Waals surface area contributed by atoms with Gasteiger partial charge < -0.3 is 34.2 Å². The van der Waals surface area contributed by atoms with Crippen LogP contribution in [0.1, 0.15) is 6.92 Å². The van der Waals surface area contributed by atoms with E-state index in [1.54, 1.807) is 0 Å². The molecule has 0 heterocycles. The van der Waals surface area contributed by atoms with Crippen molar-refractivity contribution in [2.45, 2.75) is 25.2 Å². The van der Waals surface area contributed by atoms with E-state index in [9.17, 15) is 19.1 Å². The van der Waals surface area contributed by atoms with Crippen LogP contribution in [0.5, 0.6) is 0 Å². The highest BCUT2D eigenvalue weighted by Gasteiger charge is 2.28. The van der Waals surface area contributed by atoms with Gasteiger partial charge in [-0.1, -0.05) is 0 Å². The van der Waals surface area contributed by atoms with E-state index in [4.69, 9.17) is 15.3 Å². The summed E-state index contributed by atoms with van der Waals surface area (Å²) < 4.78 is 13.6. The van der Waals surface area contributed by atoms with Gasteiger partial charge in [-0.05, 0) is 6.92 Å². The monoisotopic (exact) mass is 242 g/mol. The lowest BCUT2D eigenvalue weighted by molar-refractivity contribution is -0.343. The van der Waals surface area contributed by atoms with Crippen LogP contribution in [-0.4, -0.2) is 46.0 Å². The zero-order valence-corrected chi connectivity index (χ0v) is 8.66. The van der Waals surface area contributed by atoms with Crippen molar-refractivity contribution in [2.24, 2.45) is 0 Å². The number of ketones is 1. The molecule has 0 aliphatic rings. The van der Waals surface area contributed by atoms with E-state index >= 15 is 0 Å². The first-order valence-electron chi connectivity index (χ1n) is 3.86. The van der Waals surface area contributed by atoms with E-state index in [-0.39, 0.29) is 0 Å². The molecule has 8 nitrogen and oxygen atoms in total. The molecular weight excluding hydrogens is 231 g/mol. The van der Waals surface area contributed by atoms with Gasteiger partial charge in [-0.2, -0.15) is 0 Å². The van der Waals surface area contributed by atoms with Gasteiger partial charge in [0.05, 0.1) is 14.4 Å². The van der Waals surface area contributed by atoms with Gasteiger partial charge >= 0.3 is 0 Å². The van der Waals surface area contributed by atoms with Crippen molar-refractivity contribution in [3.63, 3.8) is 0 Å². The zero-order valence-electron chi connectivity index (χ0n) is 7.77. The maximum atomic E-state index is 10.6. The fourth-order valence-electron chi connectivity index (χ4n) is 0.717. The number of phosphoric ester groups is 1. The van der Waals surface area contributed by atoms with Crippen LogP contribution in [-0.2, 0) is 13.9 Å². The Morgan fingerprint density at radius 2 is 1.87 bits per heavy atom. The second-order valence-corrected chi connectivity index (χ2v) is 4.01. The van der Waals surface area contributed by atoms with Crippen LogP contribution < -0.4 is 9.79 Å². The Morgan fingerprint density at radius 1 is 1.40 bits per heavy atom. The molecule has 0 aliphatic heterocycles. The lowest BCUT2D eigenvalue weighted by atomic mass is 10.1. The summed E-state index contributed by atoms with van der Waals surface area (Å²) in [5, 5.41) is 27.0. The first-order valence-corrected chi connectivity index (χ1v) is 5.32. The van der Waals surface area contributed by atoms with E-state index in [1.807, 2.05) is 0 Å². The molecule has 15 heavy (non-hydrogen) atoms. The minimum atomic E-state index is -5.25.